The fraction of sp³-hybridized carbons (Fsp3) is 0. The Morgan fingerprint density at radius 1 is 0.929 bits per heavy atom. The molecule has 0 unspecified atom stereocenters. The van der Waals surface area contributed by atoms with Crippen molar-refractivity contribution in [2.24, 2.45) is 0 Å². The van der Waals surface area contributed by atoms with E-state index in [-0.39, 0.29) is 11.5 Å². The predicted molar refractivity (Wildman–Crippen MR) is 50.8 cm³/mol. The molecule has 1 aromatic heterocycles. The number of phenols is 1. The smallest absolute Gasteiger partial charge is 0.159 e. The molecule has 0 amide bonds. The van der Waals surface area contributed by atoms with Gasteiger partial charge in [0.05, 0.1) is 12.4 Å². The molecule has 0 saturated carbocycles. The van der Waals surface area contributed by atoms with Gasteiger partial charge in [-0.25, -0.2) is 9.97 Å². The first kappa shape index (κ1) is 8.50. The average molecular weight is 188 g/mol. The van der Waals surface area contributed by atoms with Gasteiger partial charge in [-0.05, 0) is 12.1 Å². The second-order valence-electron chi connectivity index (χ2n) is 2.82. The minimum atomic E-state index is 0.0221. The molecule has 0 atom stereocenters. The summed E-state index contributed by atoms with van der Waals surface area (Å²) in [6.07, 6.45) is 2.62. The summed E-state index contributed by atoms with van der Waals surface area (Å²) in [6.45, 7) is 0. The van der Waals surface area contributed by atoms with Crippen LogP contribution in [0.25, 0.3) is 11.4 Å². The Hall–Kier alpha value is -2.10. The predicted octanol–water partition coefficient (Wildman–Crippen LogP) is 1.55. The Kier molecular flexibility index (Phi) is 2.02. The number of benzene rings is 1. The van der Waals surface area contributed by atoms with Gasteiger partial charge in [-0.1, -0.05) is 12.1 Å². The molecule has 70 valence electrons. The average Bonchev–Trinajstić information content (AvgIpc) is 2.19. The lowest BCUT2D eigenvalue weighted by molar-refractivity contribution is 0.470. The fourth-order valence-electron chi connectivity index (χ4n) is 1.12. The van der Waals surface area contributed by atoms with E-state index in [1.165, 1.54) is 12.4 Å². The highest BCUT2D eigenvalue weighted by atomic mass is 16.3. The zero-order chi connectivity index (χ0) is 9.97. The van der Waals surface area contributed by atoms with E-state index in [9.17, 15) is 5.11 Å². The third-order valence-electron chi connectivity index (χ3n) is 1.74. The standard InChI is InChI=1S/C10H8N2O2/c13-8-3-1-2-7(4-8)10-11-5-9(14)6-12-10/h1-6,13-14H. The SMILES string of the molecule is Oc1cnc(-c2cccc(O)c2)nc1. The van der Waals surface area contributed by atoms with Crippen molar-refractivity contribution in [2.45, 2.75) is 0 Å². The van der Waals surface area contributed by atoms with Crippen molar-refractivity contribution in [1.82, 2.24) is 9.97 Å². The van der Waals surface area contributed by atoms with Gasteiger partial charge in [0.15, 0.2) is 11.6 Å². The zero-order valence-electron chi connectivity index (χ0n) is 7.25. The lowest BCUT2D eigenvalue weighted by Crippen LogP contribution is -1.86. The molecule has 1 heterocycles. The Bertz CT molecular complexity index is 440. The first-order chi connectivity index (χ1) is 6.75. The monoisotopic (exact) mass is 188 g/mol. The number of hydrogen-bond acceptors (Lipinski definition) is 4. The molecule has 0 aliphatic rings. The summed E-state index contributed by atoms with van der Waals surface area (Å²) in [5, 5.41) is 18.2. The van der Waals surface area contributed by atoms with Crippen LogP contribution in [0.15, 0.2) is 36.7 Å². The van der Waals surface area contributed by atoms with Crippen molar-refractivity contribution in [2.75, 3.05) is 0 Å². The molecule has 4 heteroatoms. The molecular formula is C10H8N2O2. The van der Waals surface area contributed by atoms with Crippen molar-refractivity contribution in [3.05, 3.63) is 36.7 Å². The van der Waals surface area contributed by atoms with Crippen LogP contribution in [0, 0.1) is 0 Å². The van der Waals surface area contributed by atoms with E-state index >= 15 is 0 Å². The van der Waals surface area contributed by atoms with E-state index in [0.717, 1.165) is 0 Å². The second kappa shape index (κ2) is 3.33. The number of aromatic nitrogens is 2. The largest absolute Gasteiger partial charge is 0.508 e. The van der Waals surface area contributed by atoms with Crippen molar-refractivity contribution in [1.29, 1.82) is 0 Å². The lowest BCUT2D eigenvalue weighted by atomic mass is 10.2. The van der Waals surface area contributed by atoms with E-state index in [1.54, 1.807) is 24.3 Å². The Labute approximate surface area is 80.5 Å². The molecule has 4 nitrogen and oxygen atoms in total. The molecule has 0 fully saturated rings. The van der Waals surface area contributed by atoms with Gasteiger partial charge in [0, 0.05) is 5.56 Å². The van der Waals surface area contributed by atoms with Gasteiger partial charge in [0.25, 0.3) is 0 Å². The Balaban J connectivity index is 2.44. The summed E-state index contributed by atoms with van der Waals surface area (Å²) in [5.74, 6) is 0.659. The topological polar surface area (TPSA) is 66.2 Å². The number of hydrogen-bond donors (Lipinski definition) is 2. The summed E-state index contributed by atoms with van der Waals surface area (Å²) >= 11 is 0. The number of nitrogens with zero attached hydrogens (tertiary/aromatic N) is 2. The van der Waals surface area contributed by atoms with Crippen molar-refractivity contribution in [3.63, 3.8) is 0 Å². The van der Waals surface area contributed by atoms with E-state index in [1.807, 2.05) is 0 Å². The molecule has 2 N–H and O–H groups in total. The van der Waals surface area contributed by atoms with Crippen LogP contribution in [0.5, 0.6) is 11.5 Å². The van der Waals surface area contributed by atoms with Crippen LogP contribution < -0.4 is 0 Å². The first-order valence-corrected chi connectivity index (χ1v) is 4.06. The van der Waals surface area contributed by atoms with Crippen LogP contribution in [0.3, 0.4) is 0 Å². The summed E-state index contributed by atoms with van der Waals surface area (Å²) in [6, 6.07) is 6.63. The quantitative estimate of drug-likeness (QED) is 0.712. The molecule has 0 aliphatic heterocycles. The summed E-state index contributed by atoms with van der Waals surface area (Å²) < 4.78 is 0. The number of rotatable bonds is 1. The van der Waals surface area contributed by atoms with Crippen LogP contribution in [-0.2, 0) is 0 Å². The van der Waals surface area contributed by atoms with Gasteiger partial charge in [0.2, 0.25) is 0 Å². The van der Waals surface area contributed by atoms with Gasteiger partial charge in [-0.15, -0.1) is 0 Å². The van der Waals surface area contributed by atoms with Crippen LogP contribution in [0.4, 0.5) is 0 Å². The molecule has 2 aromatic rings. The Morgan fingerprint density at radius 2 is 1.64 bits per heavy atom. The van der Waals surface area contributed by atoms with E-state index in [4.69, 9.17) is 5.11 Å². The van der Waals surface area contributed by atoms with Gasteiger partial charge in [-0.2, -0.15) is 0 Å². The van der Waals surface area contributed by atoms with Gasteiger partial charge >= 0.3 is 0 Å². The summed E-state index contributed by atoms with van der Waals surface area (Å²) in [4.78, 5) is 7.83. The second-order valence-corrected chi connectivity index (χ2v) is 2.82. The third-order valence-corrected chi connectivity index (χ3v) is 1.74. The summed E-state index contributed by atoms with van der Waals surface area (Å²) in [7, 11) is 0. The van der Waals surface area contributed by atoms with Crippen LogP contribution in [-0.4, -0.2) is 20.2 Å². The highest BCUT2D eigenvalue weighted by Crippen LogP contribution is 2.19. The molecule has 2 rings (SSSR count). The van der Waals surface area contributed by atoms with Crippen LogP contribution >= 0.6 is 0 Å². The molecule has 14 heavy (non-hydrogen) atoms. The molecule has 0 spiro atoms. The first-order valence-electron chi connectivity index (χ1n) is 4.06. The van der Waals surface area contributed by atoms with Crippen molar-refractivity contribution in [3.8, 4) is 22.9 Å². The highest BCUT2D eigenvalue weighted by Gasteiger charge is 2.01. The molecule has 0 bridgehead atoms. The van der Waals surface area contributed by atoms with Crippen LogP contribution in [0.2, 0.25) is 0 Å². The fourth-order valence-corrected chi connectivity index (χ4v) is 1.12. The maximum absolute atomic E-state index is 9.22. The zero-order valence-corrected chi connectivity index (χ0v) is 7.25. The molecule has 0 aliphatic carbocycles. The van der Waals surface area contributed by atoms with Gasteiger partial charge in [0.1, 0.15) is 5.75 Å². The minimum Gasteiger partial charge on any atom is -0.508 e. The van der Waals surface area contributed by atoms with E-state index in [2.05, 4.69) is 9.97 Å². The van der Waals surface area contributed by atoms with Gasteiger partial charge < -0.3 is 10.2 Å². The molecule has 1 aromatic carbocycles. The summed E-state index contributed by atoms with van der Waals surface area (Å²) in [5.41, 5.74) is 0.713. The molecule has 0 radical (unpaired) electrons. The van der Waals surface area contributed by atoms with E-state index < -0.39 is 0 Å². The minimum absolute atomic E-state index is 0.0221. The Morgan fingerprint density at radius 3 is 2.29 bits per heavy atom. The maximum Gasteiger partial charge on any atom is 0.159 e. The van der Waals surface area contributed by atoms with Crippen molar-refractivity contribution < 1.29 is 10.2 Å². The lowest BCUT2D eigenvalue weighted by Gasteiger charge is -1.99. The van der Waals surface area contributed by atoms with Crippen molar-refractivity contribution >= 4 is 0 Å². The normalized spacial score (nSPS) is 10.0. The highest BCUT2D eigenvalue weighted by molar-refractivity contribution is 5.57. The van der Waals surface area contributed by atoms with Crippen LogP contribution in [0.1, 0.15) is 0 Å². The van der Waals surface area contributed by atoms with Gasteiger partial charge in [-0.3, -0.25) is 0 Å². The maximum atomic E-state index is 9.22. The molecular weight excluding hydrogens is 180 g/mol. The number of aromatic hydroxyl groups is 2. The molecule has 0 saturated heterocycles. The number of phenolic OH excluding ortho intramolecular Hbond substituents is 1. The van der Waals surface area contributed by atoms with E-state index in [0.29, 0.717) is 11.4 Å². The third kappa shape index (κ3) is 1.64.